The number of hydrogen-bond donors (Lipinski definition) is 0. The van der Waals surface area contributed by atoms with Gasteiger partial charge in [0.15, 0.2) is 0 Å². The van der Waals surface area contributed by atoms with E-state index in [-0.39, 0.29) is 5.91 Å². The normalized spacial score (nSPS) is 15.3. The summed E-state index contributed by atoms with van der Waals surface area (Å²) in [5, 5.41) is 0. The van der Waals surface area contributed by atoms with Crippen LogP contribution in [0.5, 0.6) is 0 Å². The van der Waals surface area contributed by atoms with Gasteiger partial charge in [0.05, 0.1) is 12.8 Å². The molecule has 0 N–H and O–H groups in total. The summed E-state index contributed by atoms with van der Waals surface area (Å²) in [6, 6.07) is 11.9. The van der Waals surface area contributed by atoms with Crippen LogP contribution < -0.4 is 0 Å². The van der Waals surface area contributed by atoms with E-state index in [9.17, 15) is 4.79 Å². The molecular formula is C17H18INO2. The molecule has 1 aromatic heterocycles. The highest BCUT2D eigenvalue weighted by atomic mass is 127. The molecule has 110 valence electrons. The number of nitrogens with zero attached hydrogens (tertiary/aromatic N) is 1. The lowest BCUT2D eigenvalue weighted by atomic mass is 10.1. The van der Waals surface area contributed by atoms with Gasteiger partial charge in [-0.3, -0.25) is 4.79 Å². The van der Waals surface area contributed by atoms with E-state index < -0.39 is 0 Å². The minimum atomic E-state index is 0.106. The molecule has 1 aromatic carbocycles. The first-order valence-corrected chi connectivity index (χ1v) is 8.41. The van der Waals surface area contributed by atoms with Crippen molar-refractivity contribution >= 4 is 28.5 Å². The molecule has 1 fully saturated rings. The van der Waals surface area contributed by atoms with Gasteiger partial charge < -0.3 is 9.32 Å². The fourth-order valence-corrected chi connectivity index (χ4v) is 3.27. The first-order valence-electron chi connectivity index (χ1n) is 7.33. The third-order valence-corrected chi connectivity index (χ3v) is 4.74. The van der Waals surface area contributed by atoms with Crippen molar-refractivity contribution in [3.05, 3.63) is 57.6 Å². The van der Waals surface area contributed by atoms with E-state index in [0.29, 0.717) is 12.6 Å². The second-order valence-electron chi connectivity index (χ2n) is 5.46. The van der Waals surface area contributed by atoms with Gasteiger partial charge in [0.2, 0.25) is 0 Å². The maximum absolute atomic E-state index is 12.9. The number of amides is 1. The molecule has 0 atom stereocenters. The average Bonchev–Trinajstić information content (AvgIpc) is 3.18. The Hall–Kier alpha value is -1.30. The standard InChI is InChI=1S/C17H18INO2/c18-14-9-7-13(8-10-14)17(20)19(15-4-1-2-5-15)12-16-6-3-11-21-16/h3,6-11,15H,1-2,4-5,12H2. The minimum Gasteiger partial charge on any atom is -0.467 e. The summed E-state index contributed by atoms with van der Waals surface area (Å²) in [5.74, 6) is 0.954. The largest absolute Gasteiger partial charge is 0.467 e. The van der Waals surface area contributed by atoms with Gasteiger partial charge >= 0.3 is 0 Å². The first-order chi connectivity index (χ1) is 10.2. The van der Waals surface area contributed by atoms with E-state index in [0.717, 1.165) is 27.7 Å². The van der Waals surface area contributed by atoms with E-state index in [4.69, 9.17) is 4.42 Å². The molecule has 0 saturated heterocycles. The van der Waals surface area contributed by atoms with Crippen LogP contribution >= 0.6 is 22.6 Å². The maximum atomic E-state index is 12.9. The van der Waals surface area contributed by atoms with Crippen LogP contribution in [0.1, 0.15) is 41.8 Å². The van der Waals surface area contributed by atoms with Gasteiger partial charge in [0.1, 0.15) is 5.76 Å². The maximum Gasteiger partial charge on any atom is 0.254 e. The summed E-state index contributed by atoms with van der Waals surface area (Å²) < 4.78 is 6.57. The molecule has 3 nitrogen and oxygen atoms in total. The van der Waals surface area contributed by atoms with Crippen molar-refractivity contribution in [3.63, 3.8) is 0 Å². The Kier molecular flexibility index (Phi) is 4.63. The highest BCUT2D eigenvalue weighted by Gasteiger charge is 2.28. The zero-order valence-corrected chi connectivity index (χ0v) is 14.0. The third-order valence-electron chi connectivity index (χ3n) is 4.02. The predicted molar refractivity (Wildman–Crippen MR) is 90.0 cm³/mol. The number of carbonyl (C=O) groups excluding carboxylic acids is 1. The second-order valence-corrected chi connectivity index (χ2v) is 6.70. The number of rotatable bonds is 4. The molecule has 2 aromatic rings. The second kappa shape index (κ2) is 6.64. The van der Waals surface area contributed by atoms with Crippen LogP contribution in [0.2, 0.25) is 0 Å². The minimum absolute atomic E-state index is 0.106. The Morgan fingerprint density at radius 3 is 2.52 bits per heavy atom. The molecule has 21 heavy (non-hydrogen) atoms. The van der Waals surface area contributed by atoms with E-state index in [1.165, 1.54) is 12.8 Å². The summed E-state index contributed by atoms with van der Waals surface area (Å²) in [6.07, 6.45) is 6.27. The first kappa shape index (κ1) is 14.6. The highest BCUT2D eigenvalue weighted by Crippen LogP contribution is 2.26. The van der Waals surface area contributed by atoms with Crippen LogP contribution in [0.15, 0.2) is 47.1 Å². The zero-order chi connectivity index (χ0) is 14.7. The monoisotopic (exact) mass is 395 g/mol. The van der Waals surface area contributed by atoms with Crippen molar-refractivity contribution in [2.75, 3.05) is 0 Å². The van der Waals surface area contributed by atoms with Crippen LogP contribution in [-0.2, 0) is 6.54 Å². The summed E-state index contributed by atoms with van der Waals surface area (Å²) in [6.45, 7) is 0.558. The lowest BCUT2D eigenvalue weighted by Gasteiger charge is -2.28. The lowest BCUT2D eigenvalue weighted by Crippen LogP contribution is -2.38. The topological polar surface area (TPSA) is 33.5 Å². The Labute approximate surface area is 138 Å². The Morgan fingerprint density at radius 2 is 1.90 bits per heavy atom. The van der Waals surface area contributed by atoms with Crippen LogP contribution in [0.3, 0.4) is 0 Å². The van der Waals surface area contributed by atoms with Gasteiger partial charge in [-0.25, -0.2) is 0 Å². The lowest BCUT2D eigenvalue weighted by molar-refractivity contribution is 0.0649. The highest BCUT2D eigenvalue weighted by molar-refractivity contribution is 14.1. The fraction of sp³-hybridized carbons (Fsp3) is 0.353. The molecule has 1 aliphatic carbocycles. The number of carbonyl (C=O) groups is 1. The van der Waals surface area contributed by atoms with Crippen molar-refractivity contribution in [1.29, 1.82) is 0 Å². The fourth-order valence-electron chi connectivity index (χ4n) is 2.91. The number of hydrogen-bond acceptors (Lipinski definition) is 2. The average molecular weight is 395 g/mol. The smallest absolute Gasteiger partial charge is 0.254 e. The Morgan fingerprint density at radius 1 is 1.19 bits per heavy atom. The summed E-state index contributed by atoms with van der Waals surface area (Å²) in [4.78, 5) is 14.8. The van der Waals surface area contributed by atoms with Crippen LogP contribution in [-0.4, -0.2) is 16.8 Å². The van der Waals surface area contributed by atoms with E-state index in [1.54, 1.807) is 6.26 Å². The van der Waals surface area contributed by atoms with Crippen molar-refractivity contribution in [2.45, 2.75) is 38.3 Å². The van der Waals surface area contributed by atoms with Crippen molar-refractivity contribution in [1.82, 2.24) is 4.90 Å². The van der Waals surface area contributed by atoms with E-state index in [2.05, 4.69) is 22.6 Å². The molecule has 0 radical (unpaired) electrons. The van der Waals surface area contributed by atoms with Crippen molar-refractivity contribution < 1.29 is 9.21 Å². The molecule has 0 aliphatic heterocycles. The summed E-state index contributed by atoms with van der Waals surface area (Å²) in [5.41, 5.74) is 0.758. The van der Waals surface area contributed by atoms with Gasteiger partial charge in [-0.15, -0.1) is 0 Å². The number of halogens is 1. The van der Waals surface area contributed by atoms with E-state index >= 15 is 0 Å². The molecule has 1 heterocycles. The van der Waals surface area contributed by atoms with Crippen LogP contribution in [0, 0.1) is 3.57 Å². The molecule has 4 heteroatoms. The quantitative estimate of drug-likeness (QED) is 0.716. The van der Waals surface area contributed by atoms with Gasteiger partial charge in [0.25, 0.3) is 5.91 Å². The van der Waals surface area contributed by atoms with Crippen molar-refractivity contribution in [3.8, 4) is 0 Å². The molecular weight excluding hydrogens is 377 g/mol. The van der Waals surface area contributed by atoms with Gasteiger partial charge in [0, 0.05) is 15.2 Å². The molecule has 1 aliphatic rings. The molecule has 0 bridgehead atoms. The Bertz CT molecular complexity index is 586. The van der Waals surface area contributed by atoms with Gasteiger partial charge in [-0.05, 0) is 71.8 Å². The molecule has 1 saturated carbocycles. The zero-order valence-electron chi connectivity index (χ0n) is 11.8. The Balaban J connectivity index is 1.83. The van der Waals surface area contributed by atoms with Gasteiger partial charge in [-0.1, -0.05) is 12.8 Å². The molecule has 1 amide bonds. The molecule has 3 rings (SSSR count). The third kappa shape index (κ3) is 3.48. The SMILES string of the molecule is O=C(c1ccc(I)cc1)N(Cc1ccco1)C1CCCC1. The predicted octanol–water partition coefficient (Wildman–Crippen LogP) is 4.47. The summed E-state index contributed by atoms with van der Waals surface area (Å²) in [7, 11) is 0. The molecule has 0 spiro atoms. The van der Waals surface area contributed by atoms with Crippen LogP contribution in [0.4, 0.5) is 0 Å². The van der Waals surface area contributed by atoms with E-state index in [1.807, 2.05) is 41.3 Å². The number of furan rings is 1. The number of benzene rings is 1. The van der Waals surface area contributed by atoms with Crippen molar-refractivity contribution in [2.24, 2.45) is 0 Å². The van der Waals surface area contributed by atoms with Gasteiger partial charge in [-0.2, -0.15) is 0 Å². The summed E-state index contributed by atoms with van der Waals surface area (Å²) >= 11 is 2.25. The molecule has 0 unspecified atom stereocenters. The van der Waals surface area contributed by atoms with Crippen LogP contribution in [0.25, 0.3) is 0 Å².